The predicted molar refractivity (Wildman–Crippen MR) is 202 cm³/mol. The molecule has 1 aromatic rings. The predicted octanol–water partition coefficient (Wildman–Crippen LogP) is 0.968. The van der Waals surface area contributed by atoms with E-state index in [-0.39, 0.29) is 0 Å². The van der Waals surface area contributed by atoms with Gasteiger partial charge in [0, 0.05) is 102 Å². The van der Waals surface area contributed by atoms with Crippen LogP contribution in [0, 0.1) is 0 Å². The minimum absolute atomic E-state index is 0.889. The molecule has 0 unspecified atom stereocenters. The molecule has 7 fully saturated rings. The van der Waals surface area contributed by atoms with Crippen molar-refractivity contribution >= 4 is 11.8 Å². The van der Waals surface area contributed by atoms with Gasteiger partial charge in [0.2, 0.25) is 0 Å². The molecule has 0 bridgehead atoms. The van der Waals surface area contributed by atoms with Gasteiger partial charge in [0.25, 0.3) is 0 Å². The van der Waals surface area contributed by atoms with Crippen LogP contribution in [0.4, 0.5) is 0 Å². The Morgan fingerprint density at radius 3 is 0.891 bits per heavy atom. The molecule has 0 aromatic carbocycles. The van der Waals surface area contributed by atoms with Crippen LogP contribution in [-0.2, 0) is 4.74 Å². The molecule has 9 rings (SSSR count). The van der Waals surface area contributed by atoms with E-state index in [4.69, 9.17) is 4.74 Å². The molecule has 10 N–H and O–H groups in total. The number of morpholine rings is 1. The van der Waals surface area contributed by atoms with E-state index < -0.39 is 0 Å². The minimum Gasteiger partial charge on any atom is -0.379 e. The molecule has 1 aromatic heterocycles. The van der Waals surface area contributed by atoms with Gasteiger partial charge in [-0.25, -0.2) is 0 Å². The zero-order valence-corrected chi connectivity index (χ0v) is 29.9. The molecule has 0 aliphatic carbocycles. The van der Waals surface area contributed by atoms with E-state index in [1.54, 1.807) is 0 Å². The van der Waals surface area contributed by atoms with Crippen molar-refractivity contribution in [3.05, 3.63) is 36.7 Å². The molecule has 0 saturated carbocycles. The van der Waals surface area contributed by atoms with Gasteiger partial charge in [-0.2, -0.15) is 11.8 Å². The van der Waals surface area contributed by atoms with E-state index in [9.17, 15) is 0 Å². The Hall–Kier alpha value is -1.03. The monoisotopic (exact) mass is 669 g/mol. The first-order valence-electron chi connectivity index (χ1n) is 18.2. The summed E-state index contributed by atoms with van der Waals surface area (Å²) in [6, 6.07) is 3.89. The quantitative estimate of drug-likeness (QED) is 0.143. The standard InChI is InChI=1S/C5H11N.C4H10N2.C4H9NO.C4H9NS.C4H9N.C4H7N.C4H5N.C3H7N.C2H5N/c1-2-4-6-5-3-1;1-2-6-4-3-5-1;2*1-3-6-4-2-5-1;3*1-2-4-5-3-1;1-2-4-3-1;1-2-3-1/h6H,1-5H2;5-6H,1-4H2;2*5H,1-4H2;5H,1-4H2;1-2,5H,3-4H2;1-5H;4H,1-3H2;3H,1-2H2. The van der Waals surface area contributed by atoms with Gasteiger partial charge in [-0.05, 0) is 83.5 Å². The first-order valence-corrected chi connectivity index (χ1v) is 19.4. The minimum atomic E-state index is 0.889. The number of piperazine rings is 1. The van der Waals surface area contributed by atoms with Crippen LogP contribution in [0.2, 0.25) is 0 Å². The Kier molecular flexibility index (Phi) is 37.5. The summed E-state index contributed by atoms with van der Waals surface area (Å²) < 4.78 is 5.01. The topological polar surface area (TPSA) is 143 Å². The van der Waals surface area contributed by atoms with Gasteiger partial charge >= 0.3 is 0 Å². The smallest absolute Gasteiger partial charge is 0.0591 e. The normalized spacial score (nSPS) is 21.9. The van der Waals surface area contributed by atoms with Crippen LogP contribution in [0.5, 0.6) is 0 Å². The lowest BCUT2D eigenvalue weighted by Crippen LogP contribution is -2.39. The van der Waals surface area contributed by atoms with Crippen molar-refractivity contribution in [2.75, 3.05) is 143 Å². The van der Waals surface area contributed by atoms with Gasteiger partial charge in [-0.1, -0.05) is 18.6 Å². The molecular weight excluding hydrogens is 597 g/mol. The summed E-state index contributed by atoms with van der Waals surface area (Å²) in [4.78, 5) is 2.86. The average molecular weight is 669 g/mol. The highest BCUT2D eigenvalue weighted by Gasteiger charge is 1.96. The number of piperidine rings is 1. The van der Waals surface area contributed by atoms with E-state index in [0.717, 1.165) is 65.6 Å². The molecular formula is C34H72N10OS. The first kappa shape index (κ1) is 43.0. The second-order valence-electron chi connectivity index (χ2n) is 11.4. The molecule has 0 spiro atoms. The lowest BCUT2D eigenvalue weighted by Gasteiger charge is -2.11. The molecule has 7 saturated heterocycles. The van der Waals surface area contributed by atoms with E-state index in [0.29, 0.717) is 0 Å². The summed E-state index contributed by atoms with van der Waals surface area (Å²) in [7, 11) is 0. The summed E-state index contributed by atoms with van der Waals surface area (Å²) in [5.41, 5.74) is 0. The van der Waals surface area contributed by atoms with Crippen molar-refractivity contribution in [3.63, 3.8) is 0 Å². The largest absolute Gasteiger partial charge is 0.379 e. The van der Waals surface area contributed by atoms with Gasteiger partial charge in [0.15, 0.2) is 0 Å². The van der Waals surface area contributed by atoms with Gasteiger partial charge in [-0.15, -0.1) is 0 Å². The number of aromatic amines is 1. The summed E-state index contributed by atoms with van der Waals surface area (Å²) in [5, 5.41) is 28.6. The highest BCUT2D eigenvalue weighted by atomic mass is 32.2. The van der Waals surface area contributed by atoms with Crippen molar-refractivity contribution in [2.45, 2.75) is 38.5 Å². The van der Waals surface area contributed by atoms with Gasteiger partial charge in [-0.3, -0.25) is 0 Å². The van der Waals surface area contributed by atoms with Crippen molar-refractivity contribution in [1.29, 1.82) is 0 Å². The lowest BCUT2D eigenvalue weighted by atomic mass is 10.2. The van der Waals surface area contributed by atoms with Gasteiger partial charge in [0.1, 0.15) is 0 Å². The maximum Gasteiger partial charge on any atom is 0.0591 e. The first-order chi connectivity index (χ1) is 23.0. The maximum atomic E-state index is 5.01. The number of hydrogen-bond acceptors (Lipinski definition) is 11. The summed E-state index contributed by atoms with van der Waals surface area (Å²) in [5.74, 6) is 2.61. The Morgan fingerprint density at radius 2 is 0.739 bits per heavy atom. The fraction of sp³-hybridized carbons (Fsp3) is 0.824. The highest BCUT2D eigenvalue weighted by molar-refractivity contribution is 7.99. The van der Waals surface area contributed by atoms with E-state index in [2.05, 4.69) is 65.0 Å². The van der Waals surface area contributed by atoms with Crippen LogP contribution in [-0.4, -0.2) is 148 Å². The van der Waals surface area contributed by atoms with Crippen LogP contribution in [0.15, 0.2) is 36.7 Å². The fourth-order valence-electron chi connectivity index (χ4n) is 3.93. The van der Waals surface area contributed by atoms with Gasteiger partial charge in [0.05, 0.1) is 13.2 Å². The molecule has 0 radical (unpaired) electrons. The molecule has 8 aliphatic heterocycles. The highest BCUT2D eigenvalue weighted by Crippen LogP contribution is 1.99. The third-order valence-electron chi connectivity index (χ3n) is 6.96. The molecule has 270 valence electrons. The summed E-state index contributed by atoms with van der Waals surface area (Å²) in [6.45, 7) is 23.0. The van der Waals surface area contributed by atoms with Crippen LogP contribution in [0.1, 0.15) is 38.5 Å². The van der Waals surface area contributed by atoms with Crippen molar-refractivity contribution in [2.24, 2.45) is 0 Å². The SMILES string of the molecule is C1=CCNC1.C1CCNC1.C1CCNCC1.C1CN1.C1CNC1.C1CNCCN1.C1COCCN1.C1CSCCN1.c1cc[nH]c1. The lowest BCUT2D eigenvalue weighted by molar-refractivity contribution is 0.109. The summed E-state index contributed by atoms with van der Waals surface area (Å²) >= 11 is 2.03. The molecule has 0 amide bonds. The maximum absolute atomic E-state index is 5.01. The van der Waals surface area contributed by atoms with E-state index in [1.165, 1.54) is 115 Å². The Balaban J connectivity index is 0.000000260. The average Bonchev–Trinajstić information content (AvgIpc) is 3.59. The fourth-order valence-corrected chi connectivity index (χ4v) is 4.71. The van der Waals surface area contributed by atoms with Crippen molar-refractivity contribution in [1.82, 2.24) is 52.8 Å². The van der Waals surface area contributed by atoms with Crippen LogP contribution < -0.4 is 47.9 Å². The number of nitrogens with one attached hydrogen (secondary N) is 10. The second kappa shape index (κ2) is 40.1. The molecule has 11 nitrogen and oxygen atoms in total. The van der Waals surface area contributed by atoms with Crippen molar-refractivity contribution < 1.29 is 4.74 Å². The van der Waals surface area contributed by atoms with Crippen molar-refractivity contribution in [3.8, 4) is 0 Å². The van der Waals surface area contributed by atoms with E-state index >= 15 is 0 Å². The number of ether oxygens (including phenoxy) is 1. The number of aromatic nitrogens is 1. The number of hydrogen-bond donors (Lipinski definition) is 10. The molecule has 12 heteroatoms. The molecule has 9 heterocycles. The molecule has 8 aliphatic rings. The zero-order valence-electron chi connectivity index (χ0n) is 29.1. The number of rotatable bonds is 0. The van der Waals surface area contributed by atoms with Crippen LogP contribution in [0.25, 0.3) is 0 Å². The third-order valence-corrected chi connectivity index (χ3v) is 7.94. The molecule has 0 atom stereocenters. The van der Waals surface area contributed by atoms with E-state index in [1.807, 2.05) is 36.3 Å². The zero-order chi connectivity index (χ0) is 32.5. The summed E-state index contributed by atoms with van der Waals surface area (Å²) in [6.07, 6.45) is 16.4. The molecule has 46 heavy (non-hydrogen) atoms. The Bertz CT molecular complexity index is 529. The number of thioether (sulfide) groups is 1. The van der Waals surface area contributed by atoms with Crippen LogP contribution in [0.3, 0.4) is 0 Å². The number of H-pyrrole nitrogens is 1. The second-order valence-corrected chi connectivity index (χ2v) is 12.6. The van der Waals surface area contributed by atoms with Gasteiger partial charge < -0.3 is 57.6 Å². The third kappa shape index (κ3) is 41.0. The Morgan fingerprint density at radius 1 is 0.370 bits per heavy atom. The Labute approximate surface area is 286 Å². The van der Waals surface area contributed by atoms with Crippen LogP contribution >= 0.6 is 11.8 Å².